The van der Waals surface area contributed by atoms with Crippen LogP contribution in [-0.4, -0.2) is 36.2 Å². The predicted molar refractivity (Wildman–Crippen MR) is 89.6 cm³/mol. The number of nitrogens with zero attached hydrogens (tertiary/aromatic N) is 1. The molecule has 0 saturated carbocycles. The summed E-state index contributed by atoms with van der Waals surface area (Å²) in [5.74, 6) is 1.45. The molecule has 0 aliphatic carbocycles. The van der Waals surface area contributed by atoms with E-state index in [0.29, 0.717) is 12.3 Å². The van der Waals surface area contributed by atoms with Crippen molar-refractivity contribution < 1.29 is 14.6 Å². The summed E-state index contributed by atoms with van der Waals surface area (Å²) in [4.78, 5) is 13.5. The van der Waals surface area contributed by atoms with Gasteiger partial charge >= 0.3 is 6.03 Å². The molecule has 0 bridgehead atoms. The quantitative estimate of drug-likeness (QED) is 0.861. The van der Waals surface area contributed by atoms with Gasteiger partial charge in [0.25, 0.3) is 0 Å². The van der Waals surface area contributed by atoms with Crippen LogP contribution >= 0.6 is 0 Å². The van der Waals surface area contributed by atoms with Gasteiger partial charge in [-0.25, -0.2) is 4.79 Å². The van der Waals surface area contributed by atoms with Crippen LogP contribution in [0.2, 0.25) is 0 Å². The smallest absolute Gasteiger partial charge is 0.317 e. The third-order valence-corrected chi connectivity index (χ3v) is 3.48. The highest BCUT2D eigenvalue weighted by Crippen LogP contribution is 2.29. The Morgan fingerprint density at radius 2 is 1.83 bits per heavy atom. The van der Waals surface area contributed by atoms with Crippen LogP contribution in [-0.2, 0) is 0 Å². The van der Waals surface area contributed by atoms with Crippen molar-refractivity contribution in [3.63, 3.8) is 0 Å². The highest BCUT2D eigenvalue weighted by Gasteiger charge is 2.16. The molecule has 2 N–H and O–H groups in total. The second kappa shape index (κ2) is 8.19. The molecular formula is C18H22N2O3. The number of carbonyl (C=O) groups is 1. The molecule has 0 aromatic heterocycles. The van der Waals surface area contributed by atoms with Crippen LogP contribution in [0.4, 0.5) is 4.79 Å². The maximum absolute atomic E-state index is 12.0. The summed E-state index contributed by atoms with van der Waals surface area (Å²) in [5, 5.41) is 11.8. The zero-order valence-corrected chi connectivity index (χ0v) is 13.4. The van der Waals surface area contributed by atoms with Crippen LogP contribution in [0.15, 0.2) is 54.6 Å². The van der Waals surface area contributed by atoms with E-state index < -0.39 is 0 Å². The van der Waals surface area contributed by atoms with Crippen LogP contribution in [0.3, 0.4) is 0 Å². The lowest BCUT2D eigenvalue weighted by Gasteiger charge is -2.22. The van der Waals surface area contributed by atoms with E-state index in [1.54, 1.807) is 7.05 Å². The summed E-state index contributed by atoms with van der Waals surface area (Å²) < 4.78 is 5.92. The summed E-state index contributed by atoms with van der Waals surface area (Å²) in [5.41, 5.74) is 0.891. The number of likely N-dealkylation sites (N-methyl/N-ethyl adjacent to an activating group) is 1. The molecule has 0 spiro atoms. The normalized spacial score (nSPS) is 11.6. The molecule has 5 heteroatoms. The molecule has 2 aromatic carbocycles. The summed E-state index contributed by atoms with van der Waals surface area (Å²) in [6, 6.07) is 16.7. The molecule has 0 saturated heterocycles. The minimum Gasteiger partial charge on any atom is -0.457 e. The second-order valence-electron chi connectivity index (χ2n) is 5.27. The summed E-state index contributed by atoms with van der Waals surface area (Å²) >= 11 is 0. The van der Waals surface area contributed by atoms with E-state index in [9.17, 15) is 4.79 Å². The Bertz CT molecular complexity index is 631. The Morgan fingerprint density at radius 1 is 1.17 bits per heavy atom. The van der Waals surface area contributed by atoms with Crippen LogP contribution in [0.25, 0.3) is 0 Å². The fourth-order valence-electron chi connectivity index (χ4n) is 2.17. The van der Waals surface area contributed by atoms with E-state index in [-0.39, 0.29) is 18.7 Å². The van der Waals surface area contributed by atoms with E-state index in [0.717, 1.165) is 11.3 Å². The molecule has 0 radical (unpaired) electrons. The largest absolute Gasteiger partial charge is 0.457 e. The maximum atomic E-state index is 12.0. The molecule has 1 atom stereocenters. The minimum atomic E-state index is -0.235. The molecule has 0 aliphatic heterocycles. The maximum Gasteiger partial charge on any atom is 0.317 e. The number of rotatable bonds is 6. The van der Waals surface area contributed by atoms with E-state index in [4.69, 9.17) is 9.84 Å². The van der Waals surface area contributed by atoms with Gasteiger partial charge in [0.1, 0.15) is 11.5 Å². The Morgan fingerprint density at radius 3 is 2.52 bits per heavy atom. The van der Waals surface area contributed by atoms with Gasteiger partial charge < -0.3 is 20.1 Å². The number of hydrogen-bond donors (Lipinski definition) is 2. The number of aliphatic hydroxyl groups is 1. The van der Waals surface area contributed by atoms with Gasteiger partial charge in [0.05, 0.1) is 12.6 Å². The van der Waals surface area contributed by atoms with Crippen LogP contribution in [0.1, 0.15) is 18.5 Å². The van der Waals surface area contributed by atoms with Crippen molar-refractivity contribution in [2.75, 3.05) is 20.2 Å². The van der Waals surface area contributed by atoms with Crippen LogP contribution < -0.4 is 10.1 Å². The molecule has 5 nitrogen and oxygen atoms in total. The van der Waals surface area contributed by atoms with Crippen molar-refractivity contribution in [3.8, 4) is 11.5 Å². The van der Waals surface area contributed by atoms with Crippen molar-refractivity contribution in [1.29, 1.82) is 0 Å². The van der Waals surface area contributed by atoms with Gasteiger partial charge in [-0.05, 0) is 25.1 Å². The molecule has 0 heterocycles. The van der Waals surface area contributed by atoms with Crippen molar-refractivity contribution in [2.24, 2.45) is 0 Å². The standard InChI is InChI=1S/C18H22N2O3/c1-14(19-18(22)20(2)12-13-21)16-10-6-7-11-17(16)23-15-8-4-3-5-9-15/h3-11,14,21H,12-13H2,1-2H3,(H,19,22). The van der Waals surface area contributed by atoms with Gasteiger partial charge in [0, 0.05) is 19.2 Å². The number of aliphatic hydroxyl groups excluding tert-OH is 1. The lowest BCUT2D eigenvalue weighted by molar-refractivity contribution is 0.187. The zero-order valence-electron chi connectivity index (χ0n) is 13.4. The molecule has 2 aromatic rings. The Hall–Kier alpha value is -2.53. The zero-order chi connectivity index (χ0) is 16.7. The monoisotopic (exact) mass is 314 g/mol. The van der Waals surface area contributed by atoms with Crippen molar-refractivity contribution >= 4 is 6.03 Å². The fraction of sp³-hybridized carbons (Fsp3) is 0.278. The van der Waals surface area contributed by atoms with Gasteiger partial charge in [0.2, 0.25) is 0 Å². The molecular weight excluding hydrogens is 292 g/mol. The van der Waals surface area contributed by atoms with Gasteiger partial charge in [0.15, 0.2) is 0 Å². The highest BCUT2D eigenvalue weighted by molar-refractivity contribution is 5.74. The van der Waals surface area contributed by atoms with Gasteiger partial charge in [-0.1, -0.05) is 36.4 Å². The van der Waals surface area contributed by atoms with Gasteiger partial charge in [-0.2, -0.15) is 0 Å². The highest BCUT2D eigenvalue weighted by atomic mass is 16.5. The molecule has 1 unspecified atom stereocenters. The summed E-state index contributed by atoms with van der Waals surface area (Å²) in [6.07, 6.45) is 0. The van der Waals surface area contributed by atoms with Crippen LogP contribution in [0, 0.1) is 0 Å². The molecule has 0 fully saturated rings. The van der Waals surface area contributed by atoms with E-state index >= 15 is 0 Å². The van der Waals surface area contributed by atoms with Crippen molar-refractivity contribution in [2.45, 2.75) is 13.0 Å². The summed E-state index contributed by atoms with van der Waals surface area (Å²) in [6.45, 7) is 2.13. The molecule has 0 aliphatic rings. The van der Waals surface area contributed by atoms with Crippen molar-refractivity contribution in [3.05, 3.63) is 60.2 Å². The van der Waals surface area contributed by atoms with Gasteiger partial charge in [-0.15, -0.1) is 0 Å². The first-order chi connectivity index (χ1) is 11.1. The van der Waals surface area contributed by atoms with Gasteiger partial charge in [-0.3, -0.25) is 0 Å². The third kappa shape index (κ3) is 4.72. The first kappa shape index (κ1) is 16.8. The lowest BCUT2D eigenvalue weighted by Crippen LogP contribution is -2.39. The molecule has 122 valence electrons. The lowest BCUT2D eigenvalue weighted by atomic mass is 10.1. The van der Waals surface area contributed by atoms with E-state index in [1.165, 1.54) is 4.90 Å². The first-order valence-electron chi connectivity index (χ1n) is 7.56. The average Bonchev–Trinajstić information content (AvgIpc) is 2.56. The number of benzene rings is 2. The number of carbonyl (C=O) groups excluding carboxylic acids is 1. The minimum absolute atomic E-state index is 0.0635. The fourth-order valence-corrected chi connectivity index (χ4v) is 2.17. The van der Waals surface area contributed by atoms with E-state index in [2.05, 4.69) is 5.32 Å². The Labute approximate surface area is 136 Å². The number of hydrogen-bond acceptors (Lipinski definition) is 3. The molecule has 2 rings (SSSR count). The van der Waals surface area contributed by atoms with Crippen LogP contribution in [0.5, 0.6) is 11.5 Å². The molecule has 2 amide bonds. The number of urea groups is 1. The topological polar surface area (TPSA) is 61.8 Å². The number of amides is 2. The summed E-state index contributed by atoms with van der Waals surface area (Å²) in [7, 11) is 1.64. The Kier molecular flexibility index (Phi) is 6.00. The van der Waals surface area contributed by atoms with Crippen molar-refractivity contribution in [1.82, 2.24) is 10.2 Å². The van der Waals surface area contributed by atoms with E-state index in [1.807, 2.05) is 61.5 Å². The number of ether oxygens (including phenoxy) is 1. The third-order valence-electron chi connectivity index (χ3n) is 3.48. The Balaban J connectivity index is 2.11. The molecule has 23 heavy (non-hydrogen) atoms. The number of nitrogens with one attached hydrogen (secondary N) is 1. The predicted octanol–water partition coefficient (Wildman–Crippen LogP) is 3.17. The average molecular weight is 314 g/mol. The SMILES string of the molecule is CC(NC(=O)N(C)CCO)c1ccccc1Oc1ccccc1. The number of para-hydroxylation sites is 2. The first-order valence-corrected chi connectivity index (χ1v) is 7.56. The second-order valence-corrected chi connectivity index (χ2v) is 5.27.